The van der Waals surface area contributed by atoms with Gasteiger partial charge >= 0.3 is 0 Å². The van der Waals surface area contributed by atoms with Gasteiger partial charge in [0.1, 0.15) is 0 Å². The fourth-order valence-corrected chi connectivity index (χ4v) is 3.19. The number of rotatable bonds is 7. The molecule has 2 aromatic carbocycles. The maximum atomic E-state index is 12.3. The molecule has 1 heterocycles. The Morgan fingerprint density at radius 3 is 2.04 bits per heavy atom. The fourth-order valence-electron chi connectivity index (χ4n) is 3.19. The van der Waals surface area contributed by atoms with Gasteiger partial charge in [0.15, 0.2) is 5.78 Å². The van der Waals surface area contributed by atoms with E-state index in [2.05, 4.69) is 34.1 Å². The molecular formula is C20H25Cl2N3O3. The molecule has 0 N–H and O–H groups in total. The van der Waals surface area contributed by atoms with Crippen LogP contribution in [0.4, 0.5) is 5.69 Å². The molecule has 1 aliphatic heterocycles. The zero-order valence-corrected chi connectivity index (χ0v) is 17.2. The Morgan fingerprint density at radius 2 is 1.46 bits per heavy atom. The zero-order valence-electron chi connectivity index (χ0n) is 15.5. The molecule has 0 saturated carbocycles. The number of piperazine rings is 1. The molecule has 6 nitrogen and oxygen atoms in total. The van der Waals surface area contributed by atoms with Crippen LogP contribution < -0.4 is 0 Å². The van der Waals surface area contributed by atoms with Crippen molar-refractivity contribution in [1.82, 2.24) is 9.80 Å². The number of carbonyl (C=O) groups is 1. The molecular weight excluding hydrogens is 401 g/mol. The molecule has 0 atom stereocenters. The molecule has 8 heteroatoms. The molecule has 0 aliphatic carbocycles. The number of nitro groups is 1. The number of non-ortho nitro benzene ring substituents is 1. The normalized spacial score (nSPS) is 14.6. The number of hydrogen-bond acceptors (Lipinski definition) is 5. The largest absolute Gasteiger partial charge is 0.300 e. The molecule has 0 unspecified atom stereocenters. The molecule has 0 radical (unpaired) electrons. The molecule has 0 amide bonds. The summed E-state index contributed by atoms with van der Waals surface area (Å²) in [6.45, 7) is 5.62. The average Bonchev–Trinajstić information content (AvgIpc) is 2.68. The van der Waals surface area contributed by atoms with Crippen molar-refractivity contribution in [2.75, 3.05) is 32.7 Å². The summed E-state index contributed by atoms with van der Waals surface area (Å²) in [5.41, 5.74) is 1.88. The van der Waals surface area contributed by atoms with Crippen molar-refractivity contribution in [1.29, 1.82) is 0 Å². The fraction of sp³-hybridized carbons (Fsp3) is 0.350. The predicted octanol–water partition coefficient (Wildman–Crippen LogP) is 3.83. The molecule has 152 valence electrons. The van der Waals surface area contributed by atoms with E-state index in [1.165, 1.54) is 29.8 Å². The van der Waals surface area contributed by atoms with E-state index in [1.54, 1.807) is 0 Å². The van der Waals surface area contributed by atoms with Crippen LogP contribution in [0.1, 0.15) is 22.3 Å². The van der Waals surface area contributed by atoms with Gasteiger partial charge in [0, 0.05) is 63.4 Å². The van der Waals surface area contributed by atoms with Crippen molar-refractivity contribution >= 4 is 36.3 Å². The lowest BCUT2D eigenvalue weighted by atomic mass is 10.1. The van der Waals surface area contributed by atoms with Crippen LogP contribution >= 0.6 is 24.8 Å². The third kappa shape index (κ3) is 6.87. The molecule has 0 bridgehead atoms. The predicted molar refractivity (Wildman–Crippen MR) is 115 cm³/mol. The third-order valence-corrected chi connectivity index (χ3v) is 4.77. The van der Waals surface area contributed by atoms with E-state index in [1.807, 2.05) is 6.07 Å². The number of nitrogens with zero attached hydrogens (tertiary/aromatic N) is 3. The summed E-state index contributed by atoms with van der Waals surface area (Å²) in [6.07, 6.45) is 0.441. The number of nitro benzene ring substituents is 1. The van der Waals surface area contributed by atoms with Crippen LogP contribution in [0.3, 0.4) is 0 Å². The van der Waals surface area contributed by atoms with E-state index >= 15 is 0 Å². The Labute approximate surface area is 177 Å². The quantitative estimate of drug-likeness (QED) is 0.383. The number of benzene rings is 2. The summed E-state index contributed by atoms with van der Waals surface area (Å²) >= 11 is 0. The number of ketones is 1. The van der Waals surface area contributed by atoms with E-state index in [0.29, 0.717) is 12.0 Å². The van der Waals surface area contributed by atoms with E-state index in [9.17, 15) is 14.9 Å². The van der Waals surface area contributed by atoms with Gasteiger partial charge in [-0.1, -0.05) is 30.3 Å². The average molecular weight is 426 g/mol. The lowest BCUT2D eigenvalue weighted by Crippen LogP contribution is -2.46. The third-order valence-electron chi connectivity index (χ3n) is 4.77. The minimum absolute atomic E-state index is 0. The van der Waals surface area contributed by atoms with Crippen LogP contribution in [-0.4, -0.2) is 53.2 Å². The lowest BCUT2D eigenvalue weighted by Gasteiger charge is -2.34. The second-order valence-corrected chi connectivity index (χ2v) is 6.58. The van der Waals surface area contributed by atoms with Crippen molar-refractivity contribution < 1.29 is 9.72 Å². The Bertz CT molecular complexity index is 749. The number of Topliss-reactive ketones (excluding diaryl/α,β-unsaturated/α-hetero) is 1. The summed E-state index contributed by atoms with van der Waals surface area (Å²) in [7, 11) is 0. The minimum atomic E-state index is -0.455. The Morgan fingerprint density at radius 1 is 0.893 bits per heavy atom. The smallest absolute Gasteiger partial charge is 0.269 e. The first-order valence-electron chi connectivity index (χ1n) is 8.88. The number of halogens is 2. The summed E-state index contributed by atoms with van der Waals surface area (Å²) in [5, 5.41) is 10.7. The standard InChI is InChI=1S/C20H23N3O3.2ClH/c24-20(18-6-8-19(9-7-18)23(25)26)10-11-21-12-14-22(15-13-21)16-17-4-2-1-3-5-17;;/h1-9H,10-16H2;2*1H. The molecule has 0 aromatic heterocycles. The van der Waals surface area contributed by atoms with Crippen LogP contribution in [0.5, 0.6) is 0 Å². The van der Waals surface area contributed by atoms with Gasteiger partial charge in [0.05, 0.1) is 4.92 Å². The second kappa shape index (κ2) is 11.8. The highest BCUT2D eigenvalue weighted by Crippen LogP contribution is 2.14. The van der Waals surface area contributed by atoms with Crippen LogP contribution in [0.2, 0.25) is 0 Å². The molecule has 3 rings (SSSR count). The molecule has 28 heavy (non-hydrogen) atoms. The van der Waals surface area contributed by atoms with Crippen LogP contribution in [-0.2, 0) is 6.54 Å². The Kier molecular flexibility index (Phi) is 10.1. The van der Waals surface area contributed by atoms with Crippen LogP contribution in [0, 0.1) is 10.1 Å². The van der Waals surface area contributed by atoms with Gasteiger partial charge in [-0.15, -0.1) is 24.8 Å². The van der Waals surface area contributed by atoms with Gasteiger partial charge in [-0.2, -0.15) is 0 Å². The van der Waals surface area contributed by atoms with Crippen molar-refractivity contribution in [3.63, 3.8) is 0 Å². The van der Waals surface area contributed by atoms with Crippen molar-refractivity contribution in [2.45, 2.75) is 13.0 Å². The first-order valence-corrected chi connectivity index (χ1v) is 8.88. The number of hydrogen-bond donors (Lipinski definition) is 0. The molecule has 1 aliphatic rings. The molecule has 2 aromatic rings. The van der Waals surface area contributed by atoms with Gasteiger partial charge in [-0.25, -0.2) is 0 Å². The van der Waals surface area contributed by atoms with Crippen molar-refractivity contribution in [3.05, 3.63) is 75.8 Å². The Balaban J connectivity index is 0.00000196. The van der Waals surface area contributed by atoms with Gasteiger partial charge in [-0.3, -0.25) is 19.8 Å². The molecule has 0 spiro atoms. The zero-order chi connectivity index (χ0) is 18.4. The van der Waals surface area contributed by atoms with Gasteiger partial charge in [0.25, 0.3) is 5.69 Å². The van der Waals surface area contributed by atoms with E-state index < -0.39 is 4.92 Å². The second-order valence-electron chi connectivity index (χ2n) is 6.58. The number of carbonyl (C=O) groups excluding carboxylic acids is 1. The summed E-state index contributed by atoms with van der Waals surface area (Å²) in [4.78, 5) is 27.2. The van der Waals surface area contributed by atoms with E-state index in [-0.39, 0.29) is 36.3 Å². The highest BCUT2D eigenvalue weighted by molar-refractivity contribution is 5.96. The van der Waals surface area contributed by atoms with Crippen molar-refractivity contribution in [3.8, 4) is 0 Å². The van der Waals surface area contributed by atoms with E-state index in [4.69, 9.17) is 0 Å². The first kappa shape index (κ1) is 24.0. The molecule has 1 saturated heterocycles. The summed E-state index contributed by atoms with van der Waals surface area (Å²) in [6, 6.07) is 16.3. The lowest BCUT2D eigenvalue weighted by molar-refractivity contribution is -0.384. The topological polar surface area (TPSA) is 66.7 Å². The highest BCUT2D eigenvalue weighted by atomic mass is 35.5. The van der Waals surface area contributed by atoms with Gasteiger partial charge in [0.2, 0.25) is 0 Å². The highest BCUT2D eigenvalue weighted by Gasteiger charge is 2.18. The monoisotopic (exact) mass is 425 g/mol. The summed E-state index contributed by atoms with van der Waals surface area (Å²) < 4.78 is 0. The molecule has 1 fully saturated rings. The Hall–Kier alpha value is -1.99. The van der Waals surface area contributed by atoms with Gasteiger partial charge in [-0.05, 0) is 17.7 Å². The maximum absolute atomic E-state index is 12.3. The minimum Gasteiger partial charge on any atom is -0.300 e. The maximum Gasteiger partial charge on any atom is 0.269 e. The first-order chi connectivity index (χ1) is 12.6. The van der Waals surface area contributed by atoms with Gasteiger partial charge < -0.3 is 4.90 Å². The SMILES string of the molecule is Cl.Cl.O=C(CCN1CCN(Cc2ccccc2)CC1)c1ccc([N+](=O)[O-])cc1. The summed E-state index contributed by atoms with van der Waals surface area (Å²) in [5.74, 6) is 0.0339. The van der Waals surface area contributed by atoms with Crippen LogP contribution in [0.25, 0.3) is 0 Å². The van der Waals surface area contributed by atoms with E-state index in [0.717, 1.165) is 39.3 Å². The van der Waals surface area contributed by atoms with Crippen molar-refractivity contribution in [2.24, 2.45) is 0 Å². The van der Waals surface area contributed by atoms with Crippen LogP contribution in [0.15, 0.2) is 54.6 Å².